The smallest absolute Gasteiger partial charge is 0.136 e. The molecule has 3 aliphatic rings. The molecule has 0 radical (unpaired) electrons. The van der Waals surface area contributed by atoms with E-state index in [1.165, 1.54) is 0 Å². The zero-order valence-electron chi connectivity index (χ0n) is 15.2. The molecule has 0 bridgehead atoms. The van der Waals surface area contributed by atoms with Crippen molar-refractivity contribution in [1.29, 1.82) is 0 Å². The molecule has 3 N–H and O–H groups in total. The Morgan fingerprint density at radius 1 is 1.25 bits per heavy atom. The molecule has 4 heteroatoms. The molecule has 0 saturated heterocycles. The number of ketones is 1. The van der Waals surface area contributed by atoms with Gasteiger partial charge in [0.25, 0.3) is 0 Å². The van der Waals surface area contributed by atoms with Gasteiger partial charge < -0.3 is 15.3 Å². The Hall–Kier alpha value is -0.710. The van der Waals surface area contributed by atoms with Gasteiger partial charge in [-0.25, -0.2) is 0 Å². The van der Waals surface area contributed by atoms with Crippen LogP contribution in [0.3, 0.4) is 0 Å². The van der Waals surface area contributed by atoms with E-state index in [-0.39, 0.29) is 41.0 Å². The van der Waals surface area contributed by atoms with Gasteiger partial charge >= 0.3 is 0 Å². The molecule has 3 aliphatic carbocycles. The molecule has 8 atom stereocenters. The largest absolute Gasteiger partial charge is 0.396 e. The van der Waals surface area contributed by atoms with Crippen molar-refractivity contribution in [2.24, 2.45) is 34.0 Å². The zero-order valence-corrected chi connectivity index (χ0v) is 15.2. The van der Waals surface area contributed by atoms with Crippen molar-refractivity contribution in [1.82, 2.24) is 0 Å². The SMILES string of the molecule is C=C[C@@]1(C)CCC2C(C1)C(=O)CC1[C@]2(C)C[C@@H](O)[C@H](O)[C@]1(C)CO. The molecule has 3 unspecified atom stereocenters. The zero-order chi connectivity index (χ0) is 17.9. The fourth-order valence-corrected chi connectivity index (χ4v) is 6.28. The highest BCUT2D eigenvalue weighted by Gasteiger charge is 2.64. The highest BCUT2D eigenvalue weighted by molar-refractivity contribution is 5.83. The predicted molar refractivity (Wildman–Crippen MR) is 92.2 cm³/mol. The first-order chi connectivity index (χ1) is 11.1. The molecule has 4 nitrogen and oxygen atoms in total. The van der Waals surface area contributed by atoms with E-state index in [2.05, 4.69) is 20.4 Å². The van der Waals surface area contributed by atoms with Crippen LogP contribution in [0.4, 0.5) is 0 Å². The van der Waals surface area contributed by atoms with Crippen LogP contribution in [0, 0.1) is 34.0 Å². The summed E-state index contributed by atoms with van der Waals surface area (Å²) in [6.45, 7) is 9.92. The van der Waals surface area contributed by atoms with Crippen molar-refractivity contribution >= 4 is 5.78 Å². The lowest BCUT2D eigenvalue weighted by Crippen LogP contribution is -2.65. The molecule has 0 aliphatic heterocycles. The topological polar surface area (TPSA) is 77.8 Å². The van der Waals surface area contributed by atoms with Crippen LogP contribution < -0.4 is 0 Å². The third-order valence-corrected chi connectivity index (χ3v) is 7.98. The lowest BCUT2D eigenvalue weighted by atomic mass is 9.42. The van der Waals surface area contributed by atoms with Crippen LogP contribution >= 0.6 is 0 Å². The maximum atomic E-state index is 13.0. The summed E-state index contributed by atoms with van der Waals surface area (Å²) in [5.41, 5.74) is -1.05. The summed E-state index contributed by atoms with van der Waals surface area (Å²) in [6.07, 6.45) is 3.84. The standard InChI is InChI=1S/C20H32O4/c1-5-18(2)7-6-13-12(9-18)14(22)8-16-19(13,3)10-15(23)17(24)20(16,4)11-21/h5,12-13,15-17,21,23-24H,1,6-11H2,2-4H3/t12?,13?,15-,16?,17+,18+,19-,20-/m1/s1. The van der Waals surface area contributed by atoms with Crippen LogP contribution in [-0.4, -0.2) is 39.9 Å². The lowest BCUT2D eigenvalue weighted by molar-refractivity contribution is -0.218. The summed E-state index contributed by atoms with van der Waals surface area (Å²) < 4.78 is 0. The summed E-state index contributed by atoms with van der Waals surface area (Å²) in [4.78, 5) is 13.0. The summed E-state index contributed by atoms with van der Waals surface area (Å²) in [7, 11) is 0. The molecule has 24 heavy (non-hydrogen) atoms. The van der Waals surface area contributed by atoms with Gasteiger partial charge in [0, 0.05) is 17.8 Å². The van der Waals surface area contributed by atoms with E-state index in [0.717, 1.165) is 19.3 Å². The number of hydrogen-bond acceptors (Lipinski definition) is 4. The average molecular weight is 336 g/mol. The van der Waals surface area contributed by atoms with Gasteiger partial charge in [-0.2, -0.15) is 0 Å². The van der Waals surface area contributed by atoms with Crippen molar-refractivity contribution in [3.05, 3.63) is 12.7 Å². The number of Topliss-reactive ketones (excluding diaryl/α,β-unsaturated/α-hetero) is 1. The molecule has 3 fully saturated rings. The number of aliphatic hydroxyl groups is 3. The molecule has 0 aromatic carbocycles. The second kappa shape index (κ2) is 5.65. The van der Waals surface area contributed by atoms with Gasteiger partial charge in [-0.05, 0) is 48.3 Å². The minimum atomic E-state index is -0.980. The Bertz CT molecular complexity index is 546. The quantitative estimate of drug-likeness (QED) is 0.676. The molecule has 0 heterocycles. The number of carbonyl (C=O) groups excluding carboxylic acids is 1. The monoisotopic (exact) mass is 336 g/mol. The molecule has 136 valence electrons. The van der Waals surface area contributed by atoms with Crippen molar-refractivity contribution in [3.8, 4) is 0 Å². The van der Waals surface area contributed by atoms with Crippen LogP contribution in [0.15, 0.2) is 12.7 Å². The van der Waals surface area contributed by atoms with E-state index in [4.69, 9.17) is 0 Å². The van der Waals surface area contributed by atoms with Crippen molar-refractivity contribution in [2.75, 3.05) is 6.61 Å². The number of hydrogen-bond donors (Lipinski definition) is 3. The van der Waals surface area contributed by atoms with Gasteiger partial charge in [-0.1, -0.05) is 26.8 Å². The number of aliphatic hydroxyl groups excluding tert-OH is 3. The predicted octanol–water partition coefficient (Wildman–Crippen LogP) is 2.31. The Labute approximate surface area is 145 Å². The van der Waals surface area contributed by atoms with Gasteiger partial charge in [-0.3, -0.25) is 4.79 Å². The normalized spacial score (nSPS) is 54.8. The Morgan fingerprint density at radius 3 is 2.50 bits per heavy atom. The highest BCUT2D eigenvalue weighted by atomic mass is 16.3. The third kappa shape index (κ3) is 2.33. The van der Waals surface area contributed by atoms with Gasteiger partial charge in [0.2, 0.25) is 0 Å². The number of fused-ring (bicyclic) bond motifs is 3. The van der Waals surface area contributed by atoms with E-state index in [1.807, 2.05) is 13.0 Å². The second-order valence-electron chi connectivity index (χ2n) is 9.42. The first-order valence-electron chi connectivity index (χ1n) is 9.24. The first kappa shape index (κ1) is 18.1. The van der Waals surface area contributed by atoms with Crippen molar-refractivity contribution in [2.45, 2.75) is 65.1 Å². The van der Waals surface area contributed by atoms with Crippen LogP contribution in [0.2, 0.25) is 0 Å². The minimum absolute atomic E-state index is 0.00705. The maximum absolute atomic E-state index is 13.0. The van der Waals surface area contributed by atoms with E-state index in [1.54, 1.807) is 0 Å². The average Bonchev–Trinajstić information content (AvgIpc) is 2.55. The van der Waals surface area contributed by atoms with Crippen LogP contribution in [-0.2, 0) is 4.79 Å². The Morgan fingerprint density at radius 2 is 1.92 bits per heavy atom. The molecular weight excluding hydrogens is 304 g/mol. The second-order valence-corrected chi connectivity index (χ2v) is 9.42. The molecule has 0 spiro atoms. The van der Waals surface area contributed by atoms with Crippen LogP contribution in [0.25, 0.3) is 0 Å². The molecule has 0 aromatic heterocycles. The van der Waals surface area contributed by atoms with Gasteiger partial charge in [0.05, 0.1) is 18.8 Å². The molecule has 0 aromatic rings. The van der Waals surface area contributed by atoms with Crippen molar-refractivity contribution in [3.63, 3.8) is 0 Å². The summed E-state index contributed by atoms with van der Waals surface area (Å²) in [6, 6.07) is 0. The number of carbonyl (C=O) groups is 1. The molecule has 3 saturated carbocycles. The van der Waals surface area contributed by atoms with E-state index in [0.29, 0.717) is 12.8 Å². The maximum Gasteiger partial charge on any atom is 0.136 e. The molecule has 0 amide bonds. The van der Waals surface area contributed by atoms with Gasteiger partial charge in [0.1, 0.15) is 5.78 Å². The summed E-state index contributed by atoms with van der Waals surface area (Å²) in [5, 5.41) is 31.0. The van der Waals surface area contributed by atoms with E-state index in [9.17, 15) is 20.1 Å². The molecule has 3 rings (SSSR count). The van der Waals surface area contributed by atoms with Crippen LogP contribution in [0.1, 0.15) is 52.9 Å². The van der Waals surface area contributed by atoms with Gasteiger partial charge in [0.15, 0.2) is 0 Å². The number of rotatable bonds is 2. The van der Waals surface area contributed by atoms with Crippen LogP contribution in [0.5, 0.6) is 0 Å². The molecular formula is C20H32O4. The van der Waals surface area contributed by atoms with E-state index < -0.39 is 17.6 Å². The Balaban J connectivity index is 2.01. The van der Waals surface area contributed by atoms with E-state index >= 15 is 0 Å². The minimum Gasteiger partial charge on any atom is -0.396 e. The Kier molecular flexibility index (Phi) is 4.26. The summed E-state index contributed by atoms with van der Waals surface area (Å²) >= 11 is 0. The third-order valence-electron chi connectivity index (χ3n) is 7.98. The summed E-state index contributed by atoms with van der Waals surface area (Å²) in [5.74, 6) is 0.395. The highest BCUT2D eigenvalue weighted by Crippen LogP contribution is 2.64. The fraction of sp³-hybridized carbons (Fsp3) is 0.850. The first-order valence-corrected chi connectivity index (χ1v) is 9.24. The number of allylic oxidation sites excluding steroid dienone is 1. The fourth-order valence-electron chi connectivity index (χ4n) is 6.28. The lowest BCUT2D eigenvalue weighted by Gasteiger charge is -2.63. The van der Waals surface area contributed by atoms with Gasteiger partial charge in [-0.15, -0.1) is 6.58 Å². The van der Waals surface area contributed by atoms with Crippen molar-refractivity contribution < 1.29 is 20.1 Å².